The first-order valence-electron chi connectivity index (χ1n) is 6.48. The van der Waals surface area contributed by atoms with Crippen LogP contribution in [0.5, 0.6) is 0 Å². The Bertz CT molecular complexity index is 387. The predicted molar refractivity (Wildman–Crippen MR) is 69.9 cm³/mol. The van der Waals surface area contributed by atoms with Gasteiger partial charge in [0.15, 0.2) is 0 Å². The third-order valence-electron chi connectivity index (χ3n) is 2.87. The molecule has 0 fully saturated rings. The molecule has 0 aliphatic heterocycles. The minimum atomic E-state index is 1.03. The molecule has 0 aliphatic carbocycles. The molecule has 0 saturated heterocycles. The Morgan fingerprint density at radius 3 is 1.56 bits per heavy atom. The third-order valence-corrected chi connectivity index (χ3v) is 2.87. The Labute approximate surface area is 107 Å². The normalized spacial score (nSPS) is 10.4. The largest absolute Gasteiger partial charge is 0.159 e. The Morgan fingerprint density at radius 2 is 1.17 bits per heavy atom. The zero-order valence-corrected chi connectivity index (χ0v) is 10.5. The first-order chi connectivity index (χ1) is 8.95. The van der Waals surface area contributed by atoms with E-state index in [1.807, 2.05) is 24.3 Å². The Balaban J connectivity index is 1.54. The highest BCUT2D eigenvalue weighted by atomic mass is 15.1. The zero-order valence-electron chi connectivity index (χ0n) is 10.5. The van der Waals surface area contributed by atoms with Crippen molar-refractivity contribution in [3.8, 4) is 0 Å². The van der Waals surface area contributed by atoms with Gasteiger partial charge in [0.1, 0.15) is 0 Å². The molecule has 4 nitrogen and oxygen atoms in total. The number of unbranched alkanes of at least 4 members (excludes halogenated alkanes) is 3. The van der Waals surface area contributed by atoms with E-state index in [1.54, 1.807) is 12.4 Å². The molecule has 2 rings (SSSR count). The highest BCUT2D eigenvalue weighted by molar-refractivity contribution is 4.99. The van der Waals surface area contributed by atoms with Gasteiger partial charge in [-0.25, -0.2) is 0 Å². The molecule has 18 heavy (non-hydrogen) atoms. The summed E-state index contributed by atoms with van der Waals surface area (Å²) in [4.78, 5) is 0. The van der Waals surface area contributed by atoms with Gasteiger partial charge in [-0.15, -0.1) is 0 Å². The van der Waals surface area contributed by atoms with Crippen LogP contribution < -0.4 is 0 Å². The molecule has 2 heterocycles. The van der Waals surface area contributed by atoms with Crippen LogP contribution in [-0.4, -0.2) is 20.4 Å². The summed E-state index contributed by atoms with van der Waals surface area (Å²) in [6.45, 7) is 0. The second-order valence-corrected chi connectivity index (χ2v) is 4.34. The molecule has 0 amide bonds. The van der Waals surface area contributed by atoms with Gasteiger partial charge in [-0.3, -0.25) is 0 Å². The van der Waals surface area contributed by atoms with Crippen molar-refractivity contribution < 1.29 is 0 Å². The average molecular weight is 242 g/mol. The molecule has 0 spiro atoms. The van der Waals surface area contributed by atoms with Crippen molar-refractivity contribution in [2.75, 3.05) is 0 Å². The van der Waals surface area contributed by atoms with Gasteiger partial charge in [-0.1, -0.05) is 12.8 Å². The van der Waals surface area contributed by atoms with Crippen molar-refractivity contribution in [2.45, 2.75) is 38.5 Å². The van der Waals surface area contributed by atoms with Crippen LogP contribution in [0.2, 0.25) is 0 Å². The summed E-state index contributed by atoms with van der Waals surface area (Å²) in [6.07, 6.45) is 10.3. The van der Waals surface area contributed by atoms with E-state index >= 15 is 0 Å². The molecule has 0 aromatic carbocycles. The summed E-state index contributed by atoms with van der Waals surface area (Å²) in [6, 6.07) is 7.95. The fourth-order valence-corrected chi connectivity index (χ4v) is 1.90. The Hall–Kier alpha value is -1.84. The minimum Gasteiger partial charge on any atom is -0.159 e. The van der Waals surface area contributed by atoms with Crippen LogP contribution >= 0.6 is 0 Å². The van der Waals surface area contributed by atoms with E-state index in [9.17, 15) is 0 Å². The number of hydrogen-bond acceptors (Lipinski definition) is 4. The average Bonchev–Trinajstić information content (AvgIpc) is 2.45. The summed E-state index contributed by atoms with van der Waals surface area (Å²) >= 11 is 0. The first kappa shape index (κ1) is 12.6. The van der Waals surface area contributed by atoms with Crippen LogP contribution in [0.4, 0.5) is 0 Å². The smallest absolute Gasteiger partial charge is 0.0631 e. The Kier molecular flexibility index (Phi) is 5.24. The second kappa shape index (κ2) is 7.48. The number of aromatic nitrogens is 4. The summed E-state index contributed by atoms with van der Waals surface area (Å²) < 4.78 is 0. The highest BCUT2D eigenvalue weighted by Gasteiger charge is 1.96. The number of hydrogen-bond donors (Lipinski definition) is 0. The second-order valence-electron chi connectivity index (χ2n) is 4.34. The van der Waals surface area contributed by atoms with Crippen LogP contribution in [-0.2, 0) is 12.8 Å². The number of nitrogens with zero attached hydrogens (tertiary/aromatic N) is 4. The topological polar surface area (TPSA) is 51.6 Å². The lowest BCUT2D eigenvalue weighted by molar-refractivity contribution is 0.626. The van der Waals surface area contributed by atoms with Gasteiger partial charge >= 0.3 is 0 Å². The van der Waals surface area contributed by atoms with E-state index in [0.29, 0.717) is 0 Å². The fourth-order valence-electron chi connectivity index (χ4n) is 1.90. The molecular weight excluding hydrogens is 224 g/mol. The summed E-state index contributed by atoms with van der Waals surface area (Å²) in [5.41, 5.74) is 2.18. The molecule has 2 aromatic rings. The van der Waals surface area contributed by atoms with Gasteiger partial charge in [0, 0.05) is 12.4 Å². The molecule has 4 heteroatoms. The summed E-state index contributed by atoms with van der Waals surface area (Å²) in [5.74, 6) is 0. The van der Waals surface area contributed by atoms with Gasteiger partial charge in [-0.05, 0) is 49.9 Å². The van der Waals surface area contributed by atoms with Crippen molar-refractivity contribution in [3.05, 3.63) is 48.0 Å². The minimum absolute atomic E-state index is 1.03. The third kappa shape index (κ3) is 4.57. The standard InChI is InChI=1S/C14H18N4/c1(3-7-13-9-5-11-15-17-13)2-4-8-14-10-6-12-16-18-14/h5-6,9-12H,1-4,7-8H2. The van der Waals surface area contributed by atoms with Crippen molar-refractivity contribution in [3.63, 3.8) is 0 Å². The summed E-state index contributed by atoms with van der Waals surface area (Å²) in [7, 11) is 0. The molecule has 0 bridgehead atoms. The first-order valence-corrected chi connectivity index (χ1v) is 6.48. The van der Waals surface area contributed by atoms with Crippen molar-refractivity contribution in [1.29, 1.82) is 0 Å². The maximum Gasteiger partial charge on any atom is 0.0631 e. The lowest BCUT2D eigenvalue weighted by Crippen LogP contribution is -1.93. The lowest BCUT2D eigenvalue weighted by atomic mass is 10.1. The van der Waals surface area contributed by atoms with Crippen molar-refractivity contribution in [2.24, 2.45) is 0 Å². The summed E-state index contributed by atoms with van der Waals surface area (Å²) in [5, 5.41) is 15.9. The number of aryl methyl sites for hydroxylation is 2. The van der Waals surface area contributed by atoms with E-state index in [0.717, 1.165) is 24.2 Å². The van der Waals surface area contributed by atoms with Crippen LogP contribution in [0.1, 0.15) is 37.1 Å². The van der Waals surface area contributed by atoms with Crippen molar-refractivity contribution >= 4 is 0 Å². The van der Waals surface area contributed by atoms with Crippen molar-refractivity contribution in [1.82, 2.24) is 20.4 Å². The maximum atomic E-state index is 4.08. The van der Waals surface area contributed by atoms with E-state index in [4.69, 9.17) is 0 Å². The Morgan fingerprint density at radius 1 is 0.667 bits per heavy atom. The fraction of sp³-hybridized carbons (Fsp3) is 0.429. The van der Waals surface area contributed by atoms with E-state index in [1.165, 1.54) is 25.7 Å². The van der Waals surface area contributed by atoms with Gasteiger partial charge < -0.3 is 0 Å². The molecule has 2 aromatic heterocycles. The zero-order chi connectivity index (χ0) is 12.5. The van der Waals surface area contributed by atoms with Gasteiger partial charge in [0.05, 0.1) is 11.4 Å². The van der Waals surface area contributed by atoms with Gasteiger partial charge in [0.25, 0.3) is 0 Å². The van der Waals surface area contributed by atoms with Crippen LogP contribution in [0.15, 0.2) is 36.7 Å². The van der Waals surface area contributed by atoms with E-state index in [2.05, 4.69) is 20.4 Å². The predicted octanol–water partition coefficient (Wildman–Crippen LogP) is 2.61. The van der Waals surface area contributed by atoms with Crippen LogP contribution in [0, 0.1) is 0 Å². The molecule has 0 unspecified atom stereocenters. The van der Waals surface area contributed by atoms with Gasteiger partial charge in [0.2, 0.25) is 0 Å². The number of rotatable bonds is 7. The molecular formula is C14H18N4. The van der Waals surface area contributed by atoms with Crippen LogP contribution in [0.3, 0.4) is 0 Å². The van der Waals surface area contributed by atoms with E-state index < -0.39 is 0 Å². The maximum absolute atomic E-state index is 4.08. The SMILES string of the molecule is c1cnnc(CCCCCCc2cccnn2)c1. The van der Waals surface area contributed by atoms with Crippen LogP contribution in [0.25, 0.3) is 0 Å². The molecule has 0 saturated carbocycles. The molecule has 94 valence electrons. The molecule has 0 aliphatic rings. The quantitative estimate of drug-likeness (QED) is 0.700. The molecule has 0 atom stereocenters. The lowest BCUT2D eigenvalue weighted by Gasteiger charge is -2.01. The van der Waals surface area contributed by atoms with E-state index in [-0.39, 0.29) is 0 Å². The highest BCUT2D eigenvalue weighted by Crippen LogP contribution is 2.07. The molecule has 0 radical (unpaired) electrons. The molecule has 0 N–H and O–H groups in total. The monoisotopic (exact) mass is 242 g/mol. The van der Waals surface area contributed by atoms with Gasteiger partial charge in [-0.2, -0.15) is 20.4 Å².